The topological polar surface area (TPSA) is 34.1 Å². The van der Waals surface area contributed by atoms with Gasteiger partial charge in [0.1, 0.15) is 0 Å². The Bertz CT molecular complexity index is 1190. The number of aryl methyl sites for hydroxylation is 2. The van der Waals surface area contributed by atoms with E-state index >= 15 is 0 Å². The highest BCUT2D eigenvalue weighted by Crippen LogP contribution is 2.29. The number of benzene rings is 4. The smallest absolute Gasteiger partial charge is 0.158 e. The normalized spacial score (nSPS) is 11.4. The van der Waals surface area contributed by atoms with E-state index < -0.39 is 9.84 Å². The molecule has 0 radical (unpaired) electrons. The summed E-state index contributed by atoms with van der Waals surface area (Å²) in [5.74, 6) is 0.0264. The summed E-state index contributed by atoms with van der Waals surface area (Å²) in [6.45, 7) is 4.09. The van der Waals surface area contributed by atoms with Crippen LogP contribution in [-0.4, -0.2) is 8.42 Å². The van der Waals surface area contributed by atoms with Gasteiger partial charge in [-0.15, -0.1) is 0 Å². The maximum absolute atomic E-state index is 13.2. The Kier molecular flexibility index (Phi) is 6.06. The lowest BCUT2D eigenvalue weighted by molar-refractivity contribution is 0.594. The minimum Gasteiger partial charge on any atom is -0.228 e. The van der Waals surface area contributed by atoms with Crippen molar-refractivity contribution in [2.24, 2.45) is 0 Å². The molecule has 0 bridgehead atoms. The van der Waals surface area contributed by atoms with E-state index in [9.17, 15) is 8.42 Å². The van der Waals surface area contributed by atoms with Gasteiger partial charge in [0.2, 0.25) is 0 Å². The van der Waals surface area contributed by atoms with Crippen molar-refractivity contribution in [2.45, 2.75) is 25.4 Å². The predicted octanol–water partition coefficient (Wildman–Crippen LogP) is 6.75. The molecule has 3 heteroatoms. The second-order valence-electron chi connectivity index (χ2n) is 8.08. The third-order valence-electron chi connectivity index (χ3n) is 5.51. The van der Waals surface area contributed by atoms with Crippen LogP contribution in [0, 0.1) is 13.8 Å². The fourth-order valence-electron chi connectivity index (χ4n) is 3.85. The highest BCUT2D eigenvalue weighted by atomic mass is 32.2. The summed E-state index contributed by atoms with van der Waals surface area (Å²) in [7, 11) is -3.37. The Balaban J connectivity index is 1.64. The largest absolute Gasteiger partial charge is 0.228 e. The Hall–Kier alpha value is -3.17. The zero-order valence-electron chi connectivity index (χ0n) is 17.9. The van der Waals surface area contributed by atoms with E-state index in [0.29, 0.717) is 0 Å². The SMILES string of the molecule is Cc1ccc(-c2ccccc2CS(=O)(=O)Cc2ccccc2-c2ccc(C)cc2)cc1. The summed E-state index contributed by atoms with van der Waals surface area (Å²) in [6, 6.07) is 32.0. The zero-order valence-corrected chi connectivity index (χ0v) is 18.7. The first-order valence-corrected chi connectivity index (χ1v) is 12.2. The molecular formula is C28H26O2S. The summed E-state index contributed by atoms with van der Waals surface area (Å²) < 4.78 is 26.5. The van der Waals surface area contributed by atoms with Crippen LogP contribution in [0.4, 0.5) is 0 Å². The fraction of sp³-hybridized carbons (Fsp3) is 0.143. The summed E-state index contributed by atoms with van der Waals surface area (Å²) in [4.78, 5) is 0. The first kappa shape index (κ1) is 21.1. The van der Waals surface area contributed by atoms with Crippen molar-refractivity contribution in [2.75, 3.05) is 0 Å². The molecule has 156 valence electrons. The van der Waals surface area contributed by atoms with E-state index in [0.717, 1.165) is 33.4 Å². The first-order valence-electron chi connectivity index (χ1n) is 10.4. The molecular weight excluding hydrogens is 400 g/mol. The predicted molar refractivity (Wildman–Crippen MR) is 130 cm³/mol. The van der Waals surface area contributed by atoms with Gasteiger partial charge in [0.25, 0.3) is 0 Å². The maximum Gasteiger partial charge on any atom is 0.158 e. The van der Waals surface area contributed by atoms with Gasteiger partial charge in [0, 0.05) is 0 Å². The molecule has 31 heavy (non-hydrogen) atoms. The fourth-order valence-corrected chi connectivity index (χ4v) is 5.40. The van der Waals surface area contributed by atoms with Gasteiger partial charge in [0.05, 0.1) is 11.5 Å². The van der Waals surface area contributed by atoms with Gasteiger partial charge in [-0.25, -0.2) is 8.42 Å². The van der Waals surface area contributed by atoms with Gasteiger partial charge >= 0.3 is 0 Å². The van der Waals surface area contributed by atoms with Crippen LogP contribution >= 0.6 is 0 Å². The standard InChI is InChI=1S/C28H26O2S/c1-21-11-15-23(16-12-21)27-9-5-3-7-25(27)19-31(29,30)20-26-8-4-6-10-28(26)24-17-13-22(2)14-18-24/h3-18H,19-20H2,1-2H3. The third kappa shape index (κ3) is 5.12. The molecule has 4 rings (SSSR count). The Morgan fingerprint density at radius 2 is 0.871 bits per heavy atom. The van der Waals surface area contributed by atoms with Crippen molar-refractivity contribution in [3.63, 3.8) is 0 Å². The zero-order chi connectivity index (χ0) is 21.8. The molecule has 0 unspecified atom stereocenters. The maximum atomic E-state index is 13.2. The molecule has 0 aromatic heterocycles. The lowest BCUT2D eigenvalue weighted by Crippen LogP contribution is -2.09. The van der Waals surface area contributed by atoms with Crippen LogP contribution in [0.3, 0.4) is 0 Å². The van der Waals surface area contributed by atoms with Crippen LogP contribution in [0.15, 0.2) is 97.1 Å². The second-order valence-corrected chi connectivity index (χ2v) is 10.1. The van der Waals surface area contributed by atoms with Crippen LogP contribution in [0.5, 0.6) is 0 Å². The molecule has 0 atom stereocenters. The van der Waals surface area contributed by atoms with Gasteiger partial charge in [-0.05, 0) is 47.2 Å². The first-order chi connectivity index (χ1) is 14.9. The molecule has 0 amide bonds. The van der Waals surface area contributed by atoms with Crippen molar-refractivity contribution in [3.05, 3.63) is 119 Å². The van der Waals surface area contributed by atoms with Crippen molar-refractivity contribution < 1.29 is 8.42 Å². The van der Waals surface area contributed by atoms with Crippen LogP contribution in [0.1, 0.15) is 22.3 Å². The van der Waals surface area contributed by atoms with Gasteiger partial charge < -0.3 is 0 Å². The molecule has 2 nitrogen and oxygen atoms in total. The second kappa shape index (κ2) is 8.91. The highest BCUT2D eigenvalue weighted by molar-refractivity contribution is 7.89. The van der Waals surface area contributed by atoms with Crippen molar-refractivity contribution in [1.82, 2.24) is 0 Å². The summed E-state index contributed by atoms with van der Waals surface area (Å²) in [6.07, 6.45) is 0. The average molecular weight is 427 g/mol. The molecule has 0 aliphatic rings. The van der Waals surface area contributed by atoms with Crippen LogP contribution in [0.25, 0.3) is 22.3 Å². The van der Waals surface area contributed by atoms with Crippen molar-refractivity contribution >= 4 is 9.84 Å². The average Bonchev–Trinajstić information content (AvgIpc) is 2.75. The molecule has 0 N–H and O–H groups in total. The lowest BCUT2D eigenvalue weighted by atomic mass is 10.00. The van der Waals surface area contributed by atoms with Crippen LogP contribution in [-0.2, 0) is 21.3 Å². The van der Waals surface area contributed by atoms with Crippen LogP contribution < -0.4 is 0 Å². The molecule has 0 saturated heterocycles. The number of sulfone groups is 1. The third-order valence-corrected chi connectivity index (χ3v) is 7.01. The summed E-state index contributed by atoms with van der Waals surface area (Å²) in [5, 5.41) is 0. The summed E-state index contributed by atoms with van der Waals surface area (Å²) >= 11 is 0. The highest BCUT2D eigenvalue weighted by Gasteiger charge is 2.18. The minimum atomic E-state index is -3.37. The quantitative estimate of drug-likeness (QED) is 0.342. The van der Waals surface area contributed by atoms with Gasteiger partial charge in [-0.3, -0.25) is 0 Å². The van der Waals surface area contributed by atoms with E-state index in [2.05, 4.69) is 24.3 Å². The van der Waals surface area contributed by atoms with E-state index in [1.54, 1.807) is 0 Å². The molecule has 0 aliphatic heterocycles. The molecule has 4 aromatic rings. The summed E-state index contributed by atoms with van der Waals surface area (Å²) in [5.41, 5.74) is 8.05. The number of hydrogen-bond acceptors (Lipinski definition) is 2. The van der Waals surface area contributed by atoms with Gasteiger partial charge in [-0.1, -0.05) is 108 Å². The number of hydrogen-bond donors (Lipinski definition) is 0. The Labute approximate surface area is 185 Å². The molecule has 4 aromatic carbocycles. The Morgan fingerprint density at radius 3 is 1.26 bits per heavy atom. The van der Waals surface area contributed by atoms with E-state index in [4.69, 9.17) is 0 Å². The van der Waals surface area contributed by atoms with Crippen molar-refractivity contribution in [3.8, 4) is 22.3 Å². The molecule has 0 aliphatic carbocycles. The van der Waals surface area contributed by atoms with Gasteiger partial charge in [0.15, 0.2) is 9.84 Å². The van der Waals surface area contributed by atoms with Gasteiger partial charge in [-0.2, -0.15) is 0 Å². The van der Waals surface area contributed by atoms with Crippen LogP contribution in [0.2, 0.25) is 0 Å². The number of rotatable bonds is 6. The minimum absolute atomic E-state index is 0.0132. The van der Waals surface area contributed by atoms with Crippen molar-refractivity contribution in [1.29, 1.82) is 0 Å². The Morgan fingerprint density at radius 1 is 0.516 bits per heavy atom. The van der Waals surface area contributed by atoms with E-state index in [1.165, 1.54) is 11.1 Å². The molecule has 0 saturated carbocycles. The molecule has 0 fully saturated rings. The molecule has 0 spiro atoms. The van der Waals surface area contributed by atoms with E-state index in [-0.39, 0.29) is 11.5 Å². The van der Waals surface area contributed by atoms with E-state index in [1.807, 2.05) is 86.6 Å². The lowest BCUT2D eigenvalue weighted by Gasteiger charge is -2.13. The molecule has 0 heterocycles. The monoisotopic (exact) mass is 426 g/mol.